The Labute approximate surface area is 74.6 Å². The van der Waals surface area contributed by atoms with E-state index < -0.39 is 0 Å². The van der Waals surface area contributed by atoms with Crippen LogP contribution in [0.5, 0.6) is 0 Å². The minimum Gasteiger partial charge on any atom is -0.392 e. The second-order valence-corrected chi connectivity index (χ2v) is 4.59. The number of hydrogen-bond donors (Lipinski definition) is 1. The highest BCUT2D eigenvalue weighted by Gasteiger charge is 2.46. The highest BCUT2D eigenvalue weighted by atomic mass is 16.3. The van der Waals surface area contributed by atoms with Crippen LogP contribution in [0.25, 0.3) is 0 Å². The lowest BCUT2D eigenvalue weighted by atomic mass is 9.82. The number of hydrogen-bond acceptors (Lipinski definition) is 2. The van der Waals surface area contributed by atoms with E-state index in [1.54, 1.807) is 0 Å². The second-order valence-electron chi connectivity index (χ2n) is 4.59. The molecule has 2 saturated heterocycles. The molecule has 3 unspecified atom stereocenters. The van der Waals surface area contributed by atoms with Crippen LogP contribution >= 0.6 is 0 Å². The van der Waals surface area contributed by atoms with Gasteiger partial charge in [0.25, 0.3) is 0 Å². The van der Waals surface area contributed by atoms with Crippen LogP contribution in [0.3, 0.4) is 0 Å². The molecule has 0 saturated carbocycles. The average Bonchev–Trinajstić information content (AvgIpc) is 2.38. The van der Waals surface area contributed by atoms with Crippen molar-refractivity contribution in [2.75, 3.05) is 7.05 Å². The van der Waals surface area contributed by atoms with Crippen LogP contribution in [0.4, 0.5) is 0 Å². The highest BCUT2D eigenvalue weighted by molar-refractivity contribution is 5.00. The second kappa shape index (κ2) is 2.71. The van der Waals surface area contributed by atoms with E-state index in [0.717, 1.165) is 0 Å². The molecule has 0 aromatic heterocycles. The third kappa shape index (κ3) is 0.944. The van der Waals surface area contributed by atoms with Gasteiger partial charge in [-0.3, -0.25) is 4.90 Å². The van der Waals surface area contributed by atoms with Crippen molar-refractivity contribution in [2.45, 2.75) is 44.9 Å². The van der Waals surface area contributed by atoms with Crippen LogP contribution in [0, 0.1) is 11.8 Å². The van der Waals surface area contributed by atoms with E-state index in [2.05, 4.69) is 25.8 Å². The van der Waals surface area contributed by atoms with Gasteiger partial charge in [0, 0.05) is 12.1 Å². The first-order valence-electron chi connectivity index (χ1n) is 5.03. The average molecular weight is 169 g/mol. The van der Waals surface area contributed by atoms with Gasteiger partial charge in [0.2, 0.25) is 0 Å². The van der Waals surface area contributed by atoms with E-state index in [0.29, 0.717) is 23.9 Å². The summed E-state index contributed by atoms with van der Waals surface area (Å²) in [6.07, 6.45) is 2.49. The van der Waals surface area contributed by atoms with Crippen molar-refractivity contribution in [1.29, 1.82) is 0 Å². The first-order valence-corrected chi connectivity index (χ1v) is 5.03. The van der Waals surface area contributed by atoms with Crippen molar-refractivity contribution in [2.24, 2.45) is 11.8 Å². The topological polar surface area (TPSA) is 23.5 Å². The summed E-state index contributed by atoms with van der Waals surface area (Å²) in [5.41, 5.74) is 0. The summed E-state index contributed by atoms with van der Waals surface area (Å²) in [6.45, 7) is 4.37. The zero-order valence-corrected chi connectivity index (χ0v) is 8.20. The molecule has 2 aliphatic heterocycles. The maximum absolute atomic E-state index is 9.92. The first kappa shape index (κ1) is 8.52. The minimum atomic E-state index is -0.0706. The van der Waals surface area contributed by atoms with Gasteiger partial charge in [-0.25, -0.2) is 0 Å². The van der Waals surface area contributed by atoms with Crippen molar-refractivity contribution < 1.29 is 5.11 Å². The summed E-state index contributed by atoms with van der Waals surface area (Å²) in [6, 6.07) is 1.28. The van der Waals surface area contributed by atoms with Gasteiger partial charge in [0.15, 0.2) is 0 Å². The molecule has 2 heterocycles. The van der Waals surface area contributed by atoms with E-state index >= 15 is 0 Å². The first-order chi connectivity index (χ1) is 5.63. The smallest absolute Gasteiger partial charge is 0.0621 e. The molecule has 2 fully saturated rings. The van der Waals surface area contributed by atoms with Crippen molar-refractivity contribution in [3.63, 3.8) is 0 Å². The molecule has 12 heavy (non-hydrogen) atoms. The molecule has 0 aromatic carbocycles. The molecular weight excluding hydrogens is 150 g/mol. The summed E-state index contributed by atoms with van der Waals surface area (Å²) in [7, 11) is 2.21. The van der Waals surface area contributed by atoms with Gasteiger partial charge in [0.05, 0.1) is 6.10 Å². The van der Waals surface area contributed by atoms with Crippen molar-refractivity contribution >= 4 is 0 Å². The molecule has 2 aliphatic rings. The molecular formula is C10H19NO. The number of aliphatic hydroxyl groups excluding tert-OH is 1. The predicted molar refractivity (Wildman–Crippen MR) is 48.9 cm³/mol. The van der Waals surface area contributed by atoms with Crippen LogP contribution in [0.1, 0.15) is 26.7 Å². The Hall–Kier alpha value is -0.0800. The molecule has 5 atom stereocenters. The minimum absolute atomic E-state index is 0.0706. The Morgan fingerprint density at radius 2 is 1.50 bits per heavy atom. The Kier molecular flexibility index (Phi) is 1.92. The molecule has 2 rings (SSSR count). The molecule has 70 valence electrons. The van der Waals surface area contributed by atoms with Gasteiger partial charge < -0.3 is 5.11 Å². The Bertz CT molecular complexity index is 165. The quantitative estimate of drug-likeness (QED) is 0.587. The Morgan fingerprint density at radius 1 is 1.08 bits per heavy atom. The van der Waals surface area contributed by atoms with Crippen molar-refractivity contribution in [3.05, 3.63) is 0 Å². The largest absolute Gasteiger partial charge is 0.392 e. The fourth-order valence-corrected chi connectivity index (χ4v) is 3.20. The maximum atomic E-state index is 9.92. The number of nitrogens with zero attached hydrogens (tertiary/aromatic N) is 1. The number of fused-ring (bicyclic) bond motifs is 2. The molecule has 0 aromatic rings. The third-order valence-corrected chi connectivity index (χ3v) is 4.10. The molecule has 2 heteroatoms. The van der Waals surface area contributed by atoms with Gasteiger partial charge >= 0.3 is 0 Å². The van der Waals surface area contributed by atoms with E-state index in [-0.39, 0.29) is 6.10 Å². The lowest BCUT2D eigenvalue weighted by Crippen LogP contribution is -2.52. The molecule has 0 amide bonds. The zero-order valence-electron chi connectivity index (χ0n) is 8.20. The van der Waals surface area contributed by atoms with Gasteiger partial charge in [0.1, 0.15) is 0 Å². The Balaban J connectivity index is 2.23. The highest BCUT2D eigenvalue weighted by Crippen LogP contribution is 2.40. The molecule has 1 N–H and O–H groups in total. The van der Waals surface area contributed by atoms with Gasteiger partial charge in [-0.15, -0.1) is 0 Å². The standard InChI is InChI=1S/C10H19NO/c1-6-8-4-5-9(11(8)3)7(2)10(6)12/h6-10,12H,4-5H2,1-3H3/t6?,7?,8-,9+,10?. The van der Waals surface area contributed by atoms with Gasteiger partial charge in [-0.1, -0.05) is 13.8 Å². The predicted octanol–water partition coefficient (Wildman–Crippen LogP) is 1.10. The summed E-state index contributed by atoms with van der Waals surface area (Å²) in [4.78, 5) is 2.47. The Morgan fingerprint density at radius 3 is 1.92 bits per heavy atom. The van der Waals surface area contributed by atoms with E-state index in [1.807, 2.05) is 0 Å². The van der Waals surface area contributed by atoms with Crippen LogP contribution in [0.15, 0.2) is 0 Å². The summed E-state index contributed by atoms with van der Waals surface area (Å²) >= 11 is 0. The summed E-state index contributed by atoms with van der Waals surface area (Å²) < 4.78 is 0. The SMILES string of the molecule is CC1C(O)C(C)[C@@H]2CC[C@H]1N2C. The monoisotopic (exact) mass is 169 g/mol. The number of rotatable bonds is 0. The number of aliphatic hydroxyl groups is 1. The lowest BCUT2D eigenvalue weighted by molar-refractivity contribution is -0.0415. The summed E-state index contributed by atoms with van der Waals surface area (Å²) in [5, 5.41) is 9.92. The van der Waals surface area contributed by atoms with Crippen LogP contribution in [0.2, 0.25) is 0 Å². The van der Waals surface area contributed by atoms with Crippen molar-refractivity contribution in [3.8, 4) is 0 Å². The van der Waals surface area contributed by atoms with E-state index in [1.165, 1.54) is 12.8 Å². The zero-order chi connectivity index (χ0) is 8.88. The van der Waals surface area contributed by atoms with Gasteiger partial charge in [-0.2, -0.15) is 0 Å². The fourth-order valence-electron chi connectivity index (χ4n) is 3.20. The molecule has 0 spiro atoms. The van der Waals surface area contributed by atoms with Crippen LogP contribution in [-0.2, 0) is 0 Å². The van der Waals surface area contributed by atoms with Crippen LogP contribution < -0.4 is 0 Å². The fraction of sp³-hybridized carbons (Fsp3) is 1.00. The molecule has 0 aliphatic carbocycles. The number of piperidine rings is 1. The van der Waals surface area contributed by atoms with Crippen LogP contribution in [-0.4, -0.2) is 35.2 Å². The van der Waals surface area contributed by atoms with E-state index in [9.17, 15) is 5.11 Å². The lowest BCUT2D eigenvalue weighted by Gasteiger charge is -2.43. The maximum Gasteiger partial charge on any atom is 0.0621 e. The van der Waals surface area contributed by atoms with Gasteiger partial charge in [-0.05, 0) is 31.7 Å². The third-order valence-electron chi connectivity index (χ3n) is 4.10. The normalized spacial score (nSPS) is 54.5. The molecule has 0 radical (unpaired) electrons. The van der Waals surface area contributed by atoms with Crippen molar-refractivity contribution in [1.82, 2.24) is 4.90 Å². The molecule has 2 nitrogen and oxygen atoms in total. The molecule has 2 bridgehead atoms. The summed E-state index contributed by atoms with van der Waals surface area (Å²) in [5.74, 6) is 0.924. The van der Waals surface area contributed by atoms with E-state index in [4.69, 9.17) is 0 Å².